The third-order valence-corrected chi connectivity index (χ3v) is 2.44. The normalized spacial score (nSPS) is 10.2. The van der Waals surface area contributed by atoms with Gasteiger partial charge in [-0.1, -0.05) is 0 Å². The van der Waals surface area contributed by atoms with E-state index in [4.69, 9.17) is 9.84 Å². The number of hydrogen-bond donors (Lipinski definition) is 1. The van der Waals surface area contributed by atoms with Crippen LogP contribution in [0.1, 0.15) is 24.8 Å². The molecule has 0 bridgehead atoms. The van der Waals surface area contributed by atoms with Crippen LogP contribution in [0.25, 0.3) is 0 Å². The van der Waals surface area contributed by atoms with Crippen molar-refractivity contribution in [3.63, 3.8) is 0 Å². The highest BCUT2D eigenvalue weighted by molar-refractivity contribution is 5.43. The van der Waals surface area contributed by atoms with Crippen LogP contribution in [0.2, 0.25) is 0 Å². The monoisotopic (exact) mass is 239 g/mol. The highest BCUT2D eigenvalue weighted by Crippen LogP contribution is 2.24. The number of nitro benzene ring substituents is 1. The molecule has 0 saturated carbocycles. The SMILES string of the molecule is Cc1ccc([N+](=O)[O-])cc1OCCCCCO. The molecule has 0 amide bonds. The topological polar surface area (TPSA) is 72.6 Å². The maximum atomic E-state index is 10.6. The van der Waals surface area contributed by atoms with Crippen molar-refractivity contribution in [2.75, 3.05) is 13.2 Å². The molecule has 0 saturated heterocycles. The number of nitrogens with zero attached hydrogens (tertiary/aromatic N) is 1. The smallest absolute Gasteiger partial charge is 0.273 e. The van der Waals surface area contributed by atoms with Gasteiger partial charge in [-0.2, -0.15) is 0 Å². The lowest BCUT2D eigenvalue weighted by atomic mass is 10.2. The Morgan fingerprint density at radius 1 is 1.35 bits per heavy atom. The second-order valence-electron chi connectivity index (χ2n) is 3.84. The Morgan fingerprint density at radius 3 is 2.76 bits per heavy atom. The molecular weight excluding hydrogens is 222 g/mol. The van der Waals surface area contributed by atoms with Gasteiger partial charge in [0.25, 0.3) is 5.69 Å². The quantitative estimate of drug-likeness (QED) is 0.450. The summed E-state index contributed by atoms with van der Waals surface area (Å²) in [6.07, 6.45) is 2.49. The maximum Gasteiger partial charge on any atom is 0.273 e. The van der Waals surface area contributed by atoms with Crippen LogP contribution in [0.3, 0.4) is 0 Å². The van der Waals surface area contributed by atoms with Crippen molar-refractivity contribution in [1.29, 1.82) is 0 Å². The van der Waals surface area contributed by atoms with Crippen LogP contribution in [-0.4, -0.2) is 23.2 Å². The molecule has 0 spiro atoms. The van der Waals surface area contributed by atoms with E-state index in [-0.39, 0.29) is 12.3 Å². The fraction of sp³-hybridized carbons (Fsp3) is 0.500. The molecule has 0 aliphatic rings. The van der Waals surface area contributed by atoms with Crippen molar-refractivity contribution in [1.82, 2.24) is 0 Å². The summed E-state index contributed by atoms with van der Waals surface area (Å²) in [5.74, 6) is 0.559. The Hall–Kier alpha value is -1.62. The van der Waals surface area contributed by atoms with E-state index >= 15 is 0 Å². The first-order chi connectivity index (χ1) is 8.15. The Bertz CT molecular complexity index is 379. The molecule has 17 heavy (non-hydrogen) atoms. The lowest BCUT2D eigenvalue weighted by Gasteiger charge is -2.08. The predicted octanol–water partition coefficient (Wildman–Crippen LogP) is 2.44. The summed E-state index contributed by atoms with van der Waals surface area (Å²) in [6, 6.07) is 4.59. The average molecular weight is 239 g/mol. The number of aliphatic hydroxyl groups excluding tert-OH is 1. The second kappa shape index (κ2) is 6.85. The van der Waals surface area contributed by atoms with Gasteiger partial charge in [-0.3, -0.25) is 10.1 Å². The van der Waals surface area contributed by atoms with Gasteiger partial charge in [-0.05, 0) is 37.8 Å². The molecular formula is C12H17NO4. The van der Waals surface area contributed by atoms with Gasteiger partial charge in [0.1, 0.15) is 5.75 Å². The fourth-order valence-corrected chi connectivity index (χ4v) is 1.43. The zero-order valence-electron chi connectivity index (χ0n) is 9.89. The van der Waals surface area contributed by atoms with E-state index in [9.17, 15) is 10.1 Å². The summed E-state index contributed by atoms with van der Waals surface area (Å²) < 4.78 is 5.49. The molecule has 0 atom stereocenters. The molecule has 1 aromatic carbocycles. The van der Waals surface area contributed by atoms with E-state index in [0.29, 0.717) is 12.4 Å². The standard InChI is InChI=1S/C12H17NO4/c1-10-5-6-11(13(15)16)9-12(10)17-8-4-2-3-7-14/h5-6,9,14H,2-4,7-8H2,1H3. The number of benzene rings is 1. The van der Waals surface area contributed by atoms with Gasteiger partial charge in [0.05, 0.1) is 17.6 Å². The minimum absolute atomic E-state index is 0.0426. The summed E-state index contributed by atoms with van der Waals surface area (Å²) >= 11 is 0. The third-order valence-electron chi connectivity index (χ3n) is 2.44. The number of aliphatic hydroxyl groups is 1. The predicted molar refractivity (Wildman–Crippen MR) is 64.3 cm³/mol. The lowest BCUT2D eigenvalue weighted by molar-refractivity contribution is -0.384. The number of unbranched alkanes of at least 4 members (excludes halogenated alkanes) is 2. The van der Waals surface area contributed by atoms with Crippen molar-refractivity contribution < 1.29 is 14.8 Å². The molecule has 5 nitrogen and oxygen atoms in total. The van der Waals surface area contributed by atoms with Gasteiger partial charge in [0.15, 0.2) is 0 Å². The van der Waals surface area contributed by atoms with Crippen LogP contribution >= 0.6 is 0 Å². The number of nitro groups is 1. The first-order valence-electron chi connectivity index (χ1n) is 5.64. The molecule has 0 aliphatic carbocycles. The van der Waals surface area contributed by atoms with Crippen LogP contribution in [-0.2, 0) is 0 Å². The highest BCUT2D eigenvalue weighted by atomic mass is 16.6. The Morgan fingerprint density at radius 2 is 2.12 bits per heavy atom. The van der Waals surface area contributed by atoms with Crippen LogP contribution in [0.4, 0.5) is 5.69 Å². The van der Waals surface area contributed by atoms with Gasteiger partial charge in [-0.15, -0.1) is 0 Å². The molecule has 1 N–H and O–H groups in total. The van der Waals surface area contributed by atoms with E-state index in [1.54, 1.807) is 6.07 Å². The number of non-ortho nitro benzene ring substituents is 1. The van der Waals surface area contributed by atoms with E-state index in [1.165, 1.54) is 12.1 Å². The van der Waals surface area contributed by atoms with Crippen LogP contribution in [0.5, 0.6) is 5.75 Å². The molecule has 94 valence electrons. The zero-order chi connectivity index (χ0) is 12.7. The summed E-state index contributed by atoms with van der Waals surface area (Å²) in [4.78, 5) is 10.2. The van der Waals surface area contributed by atoms with Crippen molar-refractivity contribution >= 4 is 5.69 Å². The van der Waals surface area contributed by atoms with E-state index in [2.05, 4.69) is 0 Å². The minimum Gasteiger partial charge on any atom is -0.493 e. The van der Waals surface area contributed by atoms with Crippen molar-refractivity contribution in [3.05, 3.63) is 33.9 Å². The summed E-state index contributed by atoms with van der Waals surface area (Å²) in [5, 5.41) is 19.2. The lowest BCUT2D eigenvalue weighted by Crippen LogP contribution is -2.00. The summed E-state index contributed by atoms with van der Waals surface area (Å²) in [6.45, 7) is 2.56. The van der Waals surface area contributed by atoms with Gasteiger partial charge < -0.3 is 9.84 Å². The van der Waals surface area contributed by atoms with E-state index < -0.39 is 4.92 Å². The van der Waals surface area contributed by atoms with Gasteiger partial charge in [-0.25, -0.2) is 0 Å². The van der Waals surface area contributed by atoms with Gasteiger partial charge >= 0.3 is 0 Å². The minimum atomic E-state index is -0.432. The first kappa shape index (κ1) is 13.4. The molecule has 1 aromatic rings. The largest absolute Gasteiger partial charge is 0.493 e. The third kappa shape index (κ3) is 4.40. The first-order valence-corrected chi connectivity index (χ1v) is 5.64. The number of rotatable bonds is 7. The molecule has 1 rings (SSSR count). The fourth-order valence-electron chi connectivity index (χ4n) is 1.43. The summed E-state index contributed by atoms with van der Waals surface area (Å²) in [7, 11) is 0. The number of hydrogen-bond acceptors (Lipinski definition) is 4. The highest BCUT2D eigenvalue weighted by Gasteiger charge is 2.09. The van der Waals surface area contributed by atoms with Crippen molar-refractivity contribution in [3.8, 4) is 5.75 Å². The van der Waals surface area contributed by atoms with Gasteiger partial charge in [0, 0.05) is 12.7 Å². The van der Waals surface area contributed by atoms with E-state index in [0.717, 1.165) is 24.8 Å². The Kier molecular flexibility index (Phi) is 5.42. The molecule has 0 heterocycles. The zero-order valence-corrected chi connectivity index (χ0v) is 9.89. The number of ether oxygens (including phenoxy) is 1. The molecule has 0 aliphatic heterocycles. The second-order valence-corrected chi connectivity index (χ2v) is 3.84. The summed E-state index contributed by atoms with van der Waals surface area (Å²) in [5.41, 5.74) is 0.929. The molecule has 0 aromatic heterocycles. The Labute approximate surface area is 100 Å². The molecule has 0 radical (unpaired) electrons. The van der Waals surface area contributed by atoms with Crippen molar-refractivity contribution in [2.24, 2.45) is 0 Å². The molecule has 0 unspecified atom stereocenters. The number of aryl methyl sites for hydroxylation is 1. The van der Waals surface area contributed by atoms with E-state index in [1.807, 2.05) is 6.92 Å². The maximum absolute atomic E-state index is 10.6. The van der Waals surface area contributed by atoms with Gasteiger partial charge in [0.2, 0.25) is 0 Å². The molecule has 0 fully saturated rings. The van der Waals surface area contributed by atoms with Crippen LogP contribution in [0.15, 0.2) is 18.2 Å². The Balaban J connectivity index is 2.51. The molecule has 5 heteroatoms. The van der Waals surface area contributed by atoms with Crippen molar-refractivity contribution in [2.45, 2.75) is 26.2 Å². The van der Waals surface area contributed by atoms with Crippen LogP contribution < -0.4 is 4.74 Å². The average Bonchev–Trinajstić information content (AvgIpc) is 2.30. The van der Waals surface area contributed by atoms with Crippen LogP contribution in [0, 0.1) is 17.0 Å².